The minimum Gasteiger partial charge on any atom is -0.419 e. The minimum atomic E-state index is 0.487. The van der Waals surface area contributed by atoms with Crippen molar-refractivity contribution in [3.63, 3.8) is 0 Å². The first kappa shape index (κ1) is 17.0. The Morgan fingerprint density at radius 1 is 1.18 bits per heavy atom. The van der Waals surface area contributed by atoms with Crippen LogP contribution in [0.3, 0.4) is 0 Å². The lowest BCUT2D eigenvalue weighted by Gasteiger charge is -2.20. The lowest BCUT2D eigenvalue weighted by molar-refractivity contribution is 0.227. The molecule has 4 nitrogen and oxygen atoms in total. The normalized spacial score (nSPS) is 11.5. The number of hydrogen-bond donors (Lipinski definition) is 0. The van der Waals surface area contributed by atoms with Crippen LogP contribution in [0, 0.1) is 5.92 Å². The van der Waals surface area contributed by atoms with E-state index in [2.05, 4.69) is 35.9 Å². The highest BCUT2D eigenvalue weighted by atomic mass is 35.5. The van der Waals surface area contributed by atoms with Crippen LogP contribution >= 0.6 is 11.6 Å². The molecule has 0 N–H and O–H groups in total. The molecular weight excluding hydrogens is 298 g/mol. The molecule has 0 aliphatic heterocycles. The lowest BCUT2D eigenvalue weighted by Crippen LogP contribution is -2.26. The molecule has 1 aromatic heterocycles. The van der Waals surface area contributed by atoms with Gasteiger partial charge in [0.2, 0.25) is 11.8 Å². The molecule has 0 amide bonds. The molecule has 0 radical (unpaired) electrons. The van der Waals surface area contributed by atoms with Crippen molar-refractivity contribution in [3.05, 3.63) is 35.2 Å². The highest BCUT2D eigenvalue weighted by molar-refractivity contribution is 6.33. The van der Waals surface area contributed by atoms with Gasteiger partial charge in [0.15, 0.2) is 0 Å². The fourth-order valence-electron chi connectivity index (χ4n) is 2.28. The summed E-state index contributed by atoms with van der Waals surface area (Å²) in [5, 5.41) is 8.92. The standard InChI is InChI=1S/C17H24ClN3O/c1-4-10-21(11-9-13(2)3)12-16-19-20-17(22-16)14-7-5-6-8-15(14)18/h5-8,13H,4,9-12H2,1-3H3. The van der Waals surface area contributed by atoms with E-state index in [1.807, 2.05) is 24.3 Å². The summed E-state index contributed by atoms with van der Waals surface area (Å²) in [4.78, 5) is 2.36. The van der Waals surface area contributed by atoms with E-state index < -0.39 is 0 Å². The van der Waals surface area contributed by atoms with E-state index in [4.69, 9.17) is 16.0 Å². The fraction of sp³-hybridized carbons (Fsp3) is 0.529. The molecule has 1 heterocycles. The van der Waals surface area contributed by atoms with E-state index in [0.29, 0.717) is 29.3 Å². The van der Waals surface area contributed by atoms with Crippen LogP contribution < -0.4 is 0 Å². The van der Waals surface area contributed by atoms with Crippen molar-refractivity contribution in [2.24, 2.45) is 5.92 Å². The van der Waals surface area contributed by atoms with Crippen LogP contribution in [0.5, 0.6) is 0 Å². The van der Waals surface area contributed by atoms with Crippen molar-refractivity contribution >= 4 is 11.6 Å². The second-order valence-corrected chi connectivity index (χ2v) is 6.35. The molecule has 0 fully saturated rings. The summed E-state index contributed by atoms with van der Waals surface area (Å²) in [6, 6.07) is 7.52. The minimum absolute atomic E-state index is 0.487. The third-order valence-corrected chi connectivity index (χ3v) is 3.82. The highest BCUT2D eigenvalue weighted by Gasteiger charge is 2.14. The number of nitrogens with zero attached hydrogens (tertiary/aromatic N) is 3. The number of rotatable bonds is 8. The Morgan fingerprint density at radius 2 is 1.95 bits per heavy atom. The smallest absolute Gasteiger partial charge is 0.249 e. The summed E-state index contributed by atoms with van der Waals surface area (Å²) in [7, 11) is 0. The second-order valence-electron chi connectivity index (χ2n) is 5.94. The molecule has 5 heteroatoms. The zero-order chi connectivity index (χ0) is 15.9. The van der Waals surface area contributed by atoms with Crippen molar-refractivity contribution in [3.8, 4) is 11.5 Å². The van der Waals surface area contributed by atoms with Gasteiger partial charge in [0, 0.05) is 0 Å². The summed E-state index contributed by atoms with van der Waals surface area (Å²) in [5.74, 6) is 1.83. The van der Waals surface area contributed by atoms with Gasteiger partial charge in [-0.1, -0.05) is 44.5 Å². The second kappa shape index (κ2) is 8.30. The third-order valence-electron chi connectivity index (χ3n) is 3.49. The van der Waals surface area contributed by atoms with Gasteiger partial charge in [-0.25, -0.2) is 0 Å². The van der Waals surface area contributed by atoms with Crippen LogP contribution in [0.1, 0.15) is 39.5 Å². The van der Waals surface area contributed by atoms with Gasteiger partial charge in [-0.05, 0) is 44.0 Å². The van der Waals surface area contributed by atoms with Crippen LogP contribution in [0.15, 0.2) is 28.7 Å². The molecule has 2 rings (SSSR count). The first-order valence-corrected chi connectivity index (χ1v) is 8.27. The third kappa shape index (κ3) is 4.82. The van der Waals surface area contributed by atoms with Gasteiger partial charge in [-0.15, -0.1) is 10.2 Å². The Kier molecular flexibility index (Phi) is 6.40. The predicted molar refractivity (Wildman–Crippen MR) is 89.8 cm³/mol. The first-order chi connectivity index (χ1) is 10.6. The lowest BCUT2D eigenvalue weighted by atomic mass is 10.1. The molecule has 120 valence electrons. The van der Waals surface area contributed by atoms with Crippen molar-refractivity contribution in [1.29, 1.82) is 0 Å². The van der Waals surface area contributed by atoms with E-state index in [1.54, 1.807) is 0 Å². The summed E-state index contributed by atoms with van der Waals surface area (Å²) < 4.78 is 5.79. The van der Waals surface area contributed by atoms with Crippen LogP contribution in [0.2, 0.25) is 5.02 Å². The van der Waals surface area contributed by atoms with Gasteiger partial charge < -0.3 is 4.42 Å². The molecule has 2 aromatic rings. The Balaban J connectivity index is 2.05. The summed E-state index contributed by atoms with van der Waals surface area (Å²) >= 11 is 6.17. The Hall–Kier alpha value is -1.39. The van der Waals surface area contributed by atoms with E-state index in [1.165, 1.54) is 6.42 Å². The maximum Gasteiger partial charge on any atom is 0.249 e. The molecule has 0 aliphatic carbocycles. The maximum atomic E-state index is 6.17. The summed E-state index contributed by atoms with van der Waals surface area (Å²) in [6.07, 6.45) is 2.29. The number of aromatic nitrogens is 2. The van der Waals surface area contributed by atoms with Crippen LogP contribution in [-0.2, 0) is 6.54 Å². The van der Waals surface area contributed by atoms with Gasteiger partial charge in [0.25, 0.3) is 0 Å². The molecule has 0 aliphatic rings. The zero-order valence-corrected chi connectivity index (χ0v) is 14.3. The predicted octanol–water partition coefficient (Wildman–Crippen LogP) is 4.65. The molecular formula is C17H24ClN3O. The summed E-state index contributed by atoms with van der Waals surface area (Å²) in [6.45, 7) is 9.45. The van der Waals surface area contributed by atoms with Crippen molar-refractivity contribution in [2.45, 2.75) is 40.2 Å². The topological polar surface area (TPSA) is 42.2 Å². The highest BCUT2D eigenvalue weighted by Crippen LogP contribution is 2.26. The number of hydrogen-bond acceptors (Lipinski definition) is 4. The molecule has 0 saturated heterocycles. The average molecular weight is 322 g/mol. The number of benzene rings is 1. The Bertz CT molecular complexity index is 583. The molecule has 22 heavy (non-hydrogen) atoms. The van der Waals surface area contributed by atoms with Gasteiger partial charge >= 0.3 is 0 Å². The SMILES string of the molecule is CCCN(CCC(C)C)Cc1nnc(-c2ccccc2Cl)o1. The van der Waals surface area contributed by atoms with E-state index >= 15 is 0 Å². The average Bonchev–Trinajstić information content (AvgIpc) is 2.94. The van der Waals surface area contributed by atoms with E-state index in [9.17, 15) is 0 Å². The van der Waals surface area contributed by atoms with Crippen molar-refractivity contribution in [2.75, 3.05) is 13.1 Å². The van der Waals surface area contributed by atoms with E-state index in [0.717, 1.165) is 25.1 Å². The first-order valence-electron chi connectivity index (χ1n) is 7.89. The molecule has 0 unspecified atom stereocenters. The Morgan fingerprint density at radius 3 is 2.64 bits per heavy atom. The molecule has 0 spiro atoms. The van der Waals surface area contributed by atoms with Crippen molar-refractivity contribution in [1.82, 2.24) is 15.1 Å². The molecule has 1 aromatic carbocycles. The van der Waals surface area contributed by atoms with Crippen LogP contribution in [-0.4, -0.2) is 28.2 Å². The van der Waals surface area contributed by atoms with Gasteiger partial charge in [0.1, 0.15) is 0 Å². The monoisotopic (exact) mass is 321 g/mol. The summed E-state index contributed by atoms with van der Waals surface area (Å²) in [5.41, 5.74) is 0.784. The van der Waals surface area contributed by atoms with Crippen LogP contribution in [0.25, 0.3) is 11.5 Å². The molecule has 0 atom stereocenters. The Labute approximate surface area is 137 Å². The van der Waals surface area contributed by atoms with Gasteiger partial charge in [0.05, 0.1) is 17.1 Å². The zero-order valence-electron chi connectivity index (χ0n) is 13.6. The largest absolute Gasteiger partial charge is 0.419 e. The molecule has 0 bridgehead atoms. The number of halogens is 1. The fourth-order valence-corrected chi connectivity index (χ4v) is 2.50. The van der Waals surface area contributed by atoms with E-state index in [-0.39, 0.29) is 0 Å². The molecule has 0 saturated carbocycles. The van der Waals surface area contributed by atoms with Gasteiger partial charge in [-0.2, -0.15) is 0 Å². The quantitative estimate of drug-likeness (QED) is 0.710. The van der Waals surface area contributed by atoms with Gasteiger partial charge in [-0.3, -0.25) is 4.90 Å². The maximum absolute atomic E-state index is 6.17. The van der Waals surface area contributed by atoms with Crippen LogP contribution in [0.4, 0.5) is 0 Å². The van der Waals surface area contributed by atoms with Crippen molar-refractivity contribution < 1.29 is 4.42 Å².